The van der Waals surface area contributed by atoms with Gasteiger partial charge >= 0.3 is 41.9 Å². The van der Waals surface area contributed by atoms with Crippen LogP contribution in [0.25, 0.3) is 0 Å². The van der Waals surface area contributed by atoms with Gasteiger partial charge in [-0.05, 0) is 5.92 Å². The fourth-order valence-corrected chi connectivity index (χ4v) is 1.69. The molecule has 18 heavy (non-hydrogen) atoms. The van der Waals surface area contributed by atoms with E-state index < -0.39 is 0 Å². The van der Waals surface area contributed by atoms with E-state index in [9.17, 15) is 0 Å². The first-order chi connectivity index (χ1) is 7.52. The van der Waals surface area contributed by atoms with Crippen molar-refractivity contribution < 1.29 is 48.1 Å². The molecule has 0 amide bonds. The van der Waals surface area contributed by atoms with Crippen LogP contribution in [0, 0.1) is 13.8 Å². The van der Waals surface area contributed by atoms with Crippen molar-refractivity contribution in [2.45, 2.75) is 32.9 Å². The number of hydrogen-bond acceptors (Lipinski definition) is 0. The van der Waals surface area contributed by atoms with Gasteiger partial charge in [-0.15, -0.1) is 0 Å². The summed E-state index contributed by atoms with van der Waals surface area (Å²) < 4.78 is 0. The van der Waals surface area contributed by atoms with Gasteiger partial charge in [0, 0.05) is 0 Å². The molecule has 1 aliphatic rings. The second-order valence-electron chi connectivity index (χ2n) is 4.39. The molecule has 0 saturated heterocycles. The Kier molecular flexibility index (Phi) is 11.9. The molecule has 0 radical (unpaired) electrons. The summed E-state index contributed by atoms with van der Waals surface area (Å²) in [4.78, 5) is 0. The minimum atomic E-state index is 0. The fraction of sp³-hybridized carbons (Fsp3) is 0.357. The minimum absolute atomic E-state index is 0. The zero-order valence-corrected chi connectivity index (χ0v) is 16.3. The van der Waals surface area contributed by atoms with Crippen molar-refractivity contribution in [3.8, 4) is 0 Å². The smallest absolute Gasteiger partial charge is 0.0344 e. The predicted molar refractivity (Wildman–Crippen MR) is 70.0 cm³/mol. The average molecular weight is 378 g/mol. The van der Waals surface area contributed by atoms with Crippen molar-refractivity contribution in [2.75, 3.05) is 0 Å². The van der Waals surface area contributed by atoms with Crippen LogP contribution in [-0.4, -0.2) is 5.43 Å². The van der Waals surface area contributed by atoms with Crippen LogP contribution in [0.1, 0.15) is 22.6 Å². The van der Waals surface area contributed by atoms with Crippen molar-refractivity contribution in [2.24, 2.45) is 0 Å². The van der Waals surface area contributed by atoms with Crippen molar-refractivity contribution in [1.29, 1.82) is 0 Å². The molecule has 0 unspecified atom stereocenters. The van der Waals surface area contributed by atoms with Crippen molar-refractivity contribution >= 4 is 5.43 Å². The summed E-state index contributed by atoms with van der Waals surface area (Å²) in [6.07, 6.45) is 8.71. The Hall–Kier alpha value is 0.510. The molecular weight excluding hydrogens is 358 g/mol. The summed E-state index contributed by atoms with van der Waals surface area (Å²) in [5.74, 6) is 0.527. The van der Waals surface area contributed by atoms with Crippen LogP contribution in [0.3, 0.4) is 0 Å². The molecule has 0 saturated carbocycles. The zero-order valence-electron chi connectivity index (χ0n) is 11.3. The maximum absolute atomic E-state index is 2.31. The second-order valence-corrected chi connectivity index (χ2v) is 13.8. The Morgan fingerprint density at radius 2 is 1.61 bits per heavy atom. The molecular formula is C14H19Cl2SiZr-. The zero-order chi connectivity index (χ0) is 12.1. The third kappa shape index (κ3) is 6.61. The topological polar surface area (TPSA) is 0 Å². The molecule has 0 aliphatic heterocycles. The van der Waals surface area contributed by atoms with Gasteiger partial charge in [0.25, 0.3) is 0 Å². The third-order valence-electron chi connectivity index (χ3n) is 2.64. The van der Waals surface area contributed by atoms with Crippen LogP contribution < -0.4 is 24.8 Å². The quantitative estimate of drug-likeness (QED) is 0.393. The van der Waals surface area contributed by atoms with Gasteiger partial charge in [0.05, 0.1) is 0 Å². The van der Waals surface area contributed by atoms with E-state index in [1.807, 2.05) is 0 Å². The number of allylic oxidation sites excluding steroid dienone is 4. The predicted octanol–water partition coefficient (Wildman–Crippen LogP) is -1.98. The number of halogens is 2. The molecule has 0 heterocycles. The monoisotopic (exact) mass is 375 g/mol. The van der Waals surface area contributed by atoms with Gasteiger partial charge in [0.15, 0.2) is 0 Å². The van der Waals surface area contributed by atoms with Crippen LogP contribution in [0.2, 0.25) is 13.1 Å². The van der Waals surface area contributed by atoms with Crippen molar-refractivity contribution in [1.82, 2.24) is 0 Å². The van der Waals surface area contributed by atoms with E-state index in [-0.39, 0.29) is 30.2 Å². The van der Waals surface area contributed by atoms with E-state index >= 15 is 0 Å². The van der Waals surface area contributed by atoms with E-state index in [1.54, 1.807) is 23.3 Å². The number of rotatable bonds is 1. The molecule has 2 rings (SSSR count). The summed E-state index contributed by atoms with van der Waals surface area (Å²) in [5, 5.41) is 0. The minimum Gasteiger partial charge on any atom is -1.00 e. The maximum atomic E-state index is 2.31. The average Bonchev–Trinajstić information content (AvgIpc) is 2.77. The van der Waals surface area contributed by atoms with Crippen LogP contribution in [-0.2, 0) is 23.3 Å². The van der Waals surface area contributed by atoms with Gasteiger partial charge in [0.2, 0.25) is 0 Å². The van der Waals surface area contributed by atoms with Gasteiger partial charge in [-0.25, -0.2) is 6.07 Å². The Bertz CT molecular complexity index is 417. The van der Waals surface area contributed by atoms with Crippen LogP contribution >= 0.6 is 0 Å². The van der Waals surface area contributed by atoms with E-state index in [0.717, 1.165) is 0 Å². The number of hydrogen-bond donors (Lipinski definition) is 0. The Balaban J connectivity index is 0. The first kappa shape index (κ1) is 20.8. The number of aryl methyl sites for hydroxylation is 1. The van der Waals surface area contributed by atoms with Gasteiger partial charge in [-0.1, -0.05) is 38.2 Å². The summed E-state index contributed by atoms with van der Waals surface area (Å²) in [6, 6.07) is 4.43. The van der Waals surface area contributed by atoms with Gasteiger partial charge in [0.1, 0.15) is 0 Å². The molecule has 0 atom stereocenters. The maximum Gasteiger partial charge on any atom is -0.0344 e. The van der Waals surface area contributed by atoms with E-state index in [1.165, 1.54) is 16.7 Å². The summed E-state index contributed by atoms with van der Waals surface area (Å²) in [5.41, 5.74) is 4.51. The SMILES string of the molecule is C[Si](C)=[Zr+2].Cc1c(C2C=CC=C2)cc[c-]1C.[Cl-].[Cl-]. The summed E-state index contributed by atoms with van der Waals surface area (Å²) in [7, 11) is 0. The normalized spacial score (nSPS) is 12.3. The molecule has 98 valence electrons. The van der Waals surface area contributed by atoms with Gasteiger partial charge in [-0.2, -0.15) is 22.8 Å². The Morgan fingerprint density at radius 3 is 1.94 bits per heavy atom. The van der Waals surface area contributed by atoms with E-state index in [0.29, 0.717) is 5.92 Å². The van der Waals surface area contributed by atoms with Gasteiger partial charge in [-0.3, -0.25) is 0 Å². The molecule has 0 N–H and O–H groups in total. The second kappa shape index (κ2) is 10.3. The molecule has 1 aromatic carbocycles. The molecule has 0 spiro atoms. The van der Waals surface area contributed by atoms with Crippen LogP contribution in [0.4, 0.5) is 0 Å². The molecule has 1 aromatic rings. The third-order valence-corrected chi connectivity index (χ3v) is 2.64. The van der Waals surface area contributed by atoms with Gasteiger partial charge < -0.3 is 24.8 Å². The van der Waals surface area contributed by atoms with Crippen LogP contribution in [0.5, 0.6) is 0 Å². The fourth-order valence-electron chi connectivity index (χ4n) is 1.69. The molecule has 1 aliphatic carbocycles. The molecule has 0 fully saturated rings. The molecule has 4 heteroatoms. The first-order valence-corrected chi connectivity index (χ1v) is 11.8. The Labute approximate surface area is 139 Å². The van der Waals surface area contributed by atoms with Crippen molar-refractivity contribution in [3.63, 3.8) is 0 Å². The molecule has 0 nitrogen and oxygen atoms in total. The molecule has 0 bridgehead atoms. The van der Waals surface area contributed by atoms with Crippen LogP contribution in [0.15, 0.2) is 36.4 Å². The molecule has 0 aromatic heterocycles. The van der Waals surface area contributed by atoms with Crippen molar-refractivity contribution in [3.05, 3.63) is 53.1 Å². The Morgan fingerprint density at radius 1 is 1.17 bits per heavy atom. The summed E-state index contributed by atoms with van der Waals surface area (Å²) in [6.45, 7) is 8.98. The van der Waals surface area contributed by atoms with E-state index in [4.69, 9.17) is 0 Å². The largest absolute Gasteiger partial charge is 1.00 e. The standard InChI is InChI=1S/C12H13.C2H6Si.2ClH.Zr/c1-9-7-8-12(10(9)2)11-5-3-4-6-11;1-3-2;;;/h3-8,11H,1-2H3;1-2H3;2*1H;/q-1;;;;+2/p-2. The summed E-state index contributed by atoms with van der Waals surface area (Å²) >= 11 is 1.74. The first-order valence-electron chi connectivity index (χ1n) is 5.62. The van der Waals surface area contributed by atoms with E-state index in [2.05, 4.69) is 63.4 Å².